The third kappa shape index (κ3) is 5.23. The van der Waals surface area contributed by atoms with Gasteiger partial charge in [-0.05, 0) is 57.4 Å². The smallest absolute Gasteiger partial charge is 0.344 e. The van der Waals surface area contributed by atoms with Crippen molar-refractivity contribution in [1.82, 2.24) is 0 Å². The number of rotatable bonds is 8. The number of halogens is 1. The van der Waals surface area contributed by atoms with Gasteiger partial charge in [0.25, 0.3) is 0 Å². The Kier molecular flexibility index (Phi) is 7.75. The number of hydrogen-bond acceptors (Lipinski definition) is 8. The predicted octanol–water partition coefficient (Wildman–Crippen LogP) is 7.26. The van der Waals surface area contributed by atoms with Crippen molar-refractivity contribution in [3.05, 3.63) is 105 Å². The highest BCUT2D eigenvalue weighted by Gasteiger charge is 2.24. The maximum atomic E-state index is 13.1. The maximum absolute atomic E-state index is 13.1. The van der Waals surface area contributed by atoms with Gasteiger partial charge in [-0.1, -0.05) is 42.5 Å². The lowest BCUT2D eigenvalue weighted by Gasteiger charge is -2.16. The second-order valence-corrected chi connectivity index (χ2v) is 9.27. The molecule has 0 unspecified atom stereocenters. The molecule has 5 rings (SSSR count). The fraction of sp³-hybridized carbons (Fsp3) is 0.0968. The van der Waals surface area contributed by atoms with E-state index < -0.39 is 5.97 Å². The molecule has 0 saturated heterocycles. The summed E-state index contributed by atoms with van der Waals surface area (Å²) in [6.45, 7) is 0. The minimum absolute atomic E-state index is 0.0334. The normalized spacial score (nSPS) is 10.7. The summed E-state index contributed by atoms with van der Waals surface area (Å²) in [5.74, 6) is 0.907. The van der Waals surface area contributed by atoms with Crippen LogP contribution in [0, 0.1) is 0 Å². The first-order valence-corrected chi connectivity index (χ1v) is 12.8. The lowest BCUT2D eigenvalue weighted by atomic mass is 10.1. The second kappa shape index (κ2) is 11.5. The Balaban J connectivity index is 1.37. The monoisotopic (exact) mass is 602 g/mol. The lowest BCUT2D eigenvalue weighted by Crippen LogP contribution is -2.11. The minimum Gasteiger partial charge on any atom is -0.493 e. The van der Waals surface area contributed by atoms with Crippen molar-refractivity contribution in [3.63, 3.8) is 0 Å². The van der Waals surface area contributed by atoms with E-state index in [1.807, 2.05) is 42.5 Å². The molecule has 0 aliphatic rings. The van der Waals surface area contributed by atoms with Crippen LogP contribution < -0.4 is 29.1 Å². The number of ether oxygens (including phenoxy) is 5. The molecule has 5 aromatic rings. The van der Waals surface area contributed by atoms with Crippen molar-refractivity contribution >= 4 is 32.9 Å². The molecule has 1 heterocycles. The van der Waals surface area contributed by atoms with Gasteiger partial charge in [-0.15, -0.1) is 0 Å². The van der Waals surface area contributed by atoms with Gasteiger partial charge in [-0.2, -0.15) is 0 Å². The Morgan fingerprint density at radius 3 is 2.10 bits per heavy atom. The van der Waals surface area contributed by atoms with E-state index in [9.17, 15) is 9.59 Å². The fourth-order valence-electron chi connectivity index (χ4n) is 4.13. The molecule has 9 heteroatoms. The molecule has 0 fully saturated rings. The molecule has 0 bridgehead atoms. The van der Waals surface area contributed by atoms with Gasteiger partial charge in [0.15, 0.2) is 11.5 Å². The standard InChI is InChI=1S/C31H23BrO8/c1-35-25-16-23(27(32)30(37-3)29(25)36-2)31(34)40-21-13-14-22-24(15-21)38-17-26(28(22)33)39-20-11-9-19(10-12-20)18-7-5-4-6-8-18/h4-17H,1-3H3. The molecule has 0 aliphatic heterocycles. The second-order valence-electron chi connectivity index (χ2n) is 8.48. The van der Waals surface area contributed by atoms with Crippen molar-refractivity contribution in [3.8, 4) is 45.6 Å². The van der Waals surface area contributed by atoms with E-state index in [2.05, 4.69) is 15.9 Å². The first kappa shape index (κ1) is 26.8. The van der Waals surface area contributed by atoms with E-state index in [1.54, 1.807) is 12.1 Å². The summed E-state index contributed by atoms with van der Waals surface area (Å²) < 4.78 is 33.4. The third-order valence-corrected chi connectivity index (χ3v) is 6.89. The molecule has 0 spiro atoms. The van der Waals surface area contributed by atoms with Crippen LogP contribution in [0.15, 0.2) is 98.8 Å². The third-order valence-electron chi connectivity index (χ3n) is 6.10. The van der Waals surface area contributed by atoms with Crippen LogP contribution in [0.5, 0.6) is 34.5 Å². The first-order chi connectivity index (χ1) is 19.4. The SMILES string of the molecule is COc1cc(C(=O)Oc2ccc3c(=O)c(Oc4ccc(-c5ccccc5)cc4)coc3c2)c(Br)c(OC)c1OC. The Labute approximate surface area is 237 Å². The van der Waals surface area contributed by atoms with Crippen LogP contribution in [0.1, 0.15) is 10.4 Å². The summed E-state index contributed by atoms with van der Waals surface area (Å²) in [5, 5.41) is 0.271. The zero-order chi connectivity index (χ0) is 28.2. The van der Waals surface area contributed by atoms with Gasteiger partial charge in [0.2, 0.25) is 16.9 Å². The van der Waals surface area contributed by atoms with E-state index in [4.69, 9.17) is 28.1 Å². The summed E-state index contributed by atoms with van der Waals surface area (Å²) in [7, 11) is 4.36. The largest absolute Gasteiger partial charge is 0.493 e. The van der Waals surface area contributed by atoms with Crippen LogP contribution in [0.2, 0.25) is 0 Å². The molecule has 0 atom stereocenters. The minimum atomic E-state index is -0.688. The Hall–Kier alpha value is -4.76. The van der Waals surface area contributed by atoms with Gasteiger partial charge in [0.05, 0.1) is 36.8 Å². The summed E-state index contributed by atoms with van der Waals surface area (Å²) in [6, 6.07) is 23.3. The van der Waals surface area contributed by atoms with Gasteiger partial charge < -0.3 is 28.1 Å². The van der Waals surface area contributed by atoms with Crippen LogP contribution >= 0.6 is 15.9 Å². The highest BCUT2D eigenvalue weighted by atomic mass is 79.9. The van der Waals surface area contributed by atoms with Crippen LogP contribution in [-0.4, -0.2) is 27.3 Å². The summed E-state index contributed by atoms with van der Waals surface area (Å²) in [6.07, 6.45) is 1.23. The van der Waals surface area contributed by atoms with Crippen molar-refractivity contribution in [2.75, 3.05) is 21.3 Å². The average Bonchev–Trinajstić information content (AvgIpc) is 2.99. The summed E-state index contributed by atoms with van der Waals surface area (Å²) in [5.41, 5.74) is 2.12. The highest BCUT2D eigenvalue weighted by molar-refractivity contribution is 9.10. The molecular formula is C31H23BrO8. The number of esters is 1. The molecule has 0 amide bonds. The van der Waals surface area contributed by atoms with Crippen molar-refractivity contribution in [2.45, 2.75) is 0 Å². The van der Waals surface area contributed by atoms with Crippen molar-refractivity contribution in [2.24, 2.45) is 0 Å². The number of carbonyl (C=O) groups excluding carboxylic acids is 1. The summed E-state index contributed by atoms with van der Waals surface area (Å²) >= 11 is 3.38. The van der Waals surface area contributed by atoms with Crippen LogP contribution in [0.3, 0.4) is 0 Å². The highest BCUT2D eigenvalue weighted by Crippen LogP contribution is 2.45. The molecule has 40 heavy (non-hydrogen) atoms. The molecular weight excluding hydrogens is 580 g/mol. The quantitative estimate of drug-likeness (QED) is 0.135. The van der Waals surface area contributed by atoms with Gasteiger partial charge in [-0.3, -0.25) is 4.79 Å². The van der Waals surface area contributed by atoms with Crippen LogP contribution in [-0.2, 0) is 0 Å². The first-order valence-electron chi connectivity index (χ1n) is 12.0. The molecule has 4 aromatic carbocycles. The van der Waals surface area contributed by atoms with E-state index in [0.29, 0.717) is 21.7 Å². The van der Waals surface area contributed by atoms with Gasteiger partial charge in [-0.25, -0.2) is 4.79 Å². The molecule has 0 saturated carbocycles. The number of hydrogen-bond donors (Lipinski definition) is 0. The molecule has 202 valence electrons. The summed E-state index contributed by atoms with van der Waals surface area (Å²) in [4.78, 5) is 26.1. The number of carbonyl (C=O) groups is 1. The van der Waals surface area contributed by atoms with Crippen LogP contribution in [0.25, 0.3) is 22.1 Å². The molecule has 8 nitrogen and oxygen atoms in total. The van der Waals surface area contributed by atoms with Gasteiger partial charge in [0.1, 0.15) is 23.3 Å². The van der Waals surface area contributed by atoms with Gasteiger partial charge in [0, 0.05) is 6.07 Å². The zero-order valence-electron chi connectivity index (χ0n) is 21.7. The Morgan fingerprint density at radius 2 is 1.43 bits per heavy atom. The maximum Gasteiger partial charge on any atom is 0.344 e. The average molecular weight is 603 g/mol. The zero-order valence-corrected chi connectivity index (χ0v) is 23.3. The Bertz CT molecular complexity index is 1740. The molecule has 1 aromatic heterocycles. The van der Waals surface area contributed by atoms with E-state index in [-0.39, 0.29) is 39.2 Å². The molecule has 0 radical (unpaired) electrons. The van der Waals surface area contributed by atoms with Crippen molar-refractivity contribution in [1.29, 1.82) is 0 Å². The number of benzene rings is 4. The molecule has 0 N–H and O–H groups in total. The fourth-order valence-corrected chi connectivity index (χ4v) is 4.75. The Morgan fingerprint density at radius 1 is 0.750 bits per heavy atom. The van der Waals surface area contributed by atoms with E-state index in [0.717, 1.165) is 11.1 Å². The molecule has 0 aliphatic carbocycles. The number of methoxy groups -OCH3 is 3. The van der Waals surface area contributed by atoms with Gasteiger partial charge >= 0.3 is 5.97 Å². The number of fused-ring (bicyclic) bond motifs is 1. The van der Waals surface area contributed by atoms with E-state index >= 15 is 0 Å². The van der Waals surface area contributed by atoms with Crippen LogP contribution in [0.4, 0.5) is 0 Å². The van der Waals surface area contributed by atoms with E-state index in [1.165, 1.54) is 51.9 Å². The predicted molar refractivity (Wildman–Crippen MR) is 153 cm³/mol. The lowest BCUT2D eigenvalue weighted by molar-refractivity contribution is 0.0733. The van der Waals surface area contributed by atoms with Crippen molar-refractivity contribution < 1.29 is 32.9 Å². The topological polar surface area (TPSA) is 93.4 Å².